The van der Waals surface area contributed by atoms with Gasteiger partial charge in [0.05, 0.1) is 11.3 Å². The maximum absolute atomic E-state index is 13.5. The van der Waals surface area contributed by atoms with Gasteiger partial charge >= 0.3 is 0 Å². The maximum atomic E-state index is 13.5. The molecule has 20 heavy (non-hydrogen) atoms. The fraction of sp³-hybridized carbons (Fsp3) is 0.0833. The second-order valence-corrected chi connectivity index (χ2v) is 6.84. The van der Waals surface area contributed by atoms with Crippen LogP contribution >= 0.6 is 11.3 Å². The van der Waals surface area contributed by atoms with Crippen LogP contribution in [0.2, 0.25) is 0 Å². The van der Waals surface area contributed by atoms with Gasteiger partial charge in [-0.15, -0.1) is 11.3 Å². The molecular formula is C12H11FN2O3S2. The van der Waals surface area contributed by atoms with Crippen LogP contribution in [0.5, 0.6) is 0 Å². The van der Waals surface area contributed by atoms with Crippen molar-refractivity contribution in [3.8, 4) is 0 Å². The monoisotopic (exact) mass is 314 g/mol. The largest absolute Gasteiger partial charge is 0.319 e. The molecule has 1 amide bonds. The summed E-state index contributed by atoms with van der Waals surface area (Å²) in [5.41, 5.74) is 0.940. The van der Waals surface area contributed by atoms with Crippen molar-refractivity contribution in [2.45, 2.75) is 11.1 Å². The lowest BCUT2D eigenvalue weighted by atomic mass is 10.2. The highest BCUT2D eigenvalue weighted by Crippen LogP contribution is 2.21. The Labute approximate surface area is 119 Å². The smallest absolute Gasteiger partial charge is 0.256 e. The number of carbonyl (C=O) groups is 1. The van der Waals surface area contributed by atoms with E-state index in [1.54, 1.807) is 13.0 Å². The Morgan fingerprint density at radius 3 is 2.65 bits per heavy atom. The Bertz CT molecular complexity index is 769. The van der Waals surface area contributed by atoms with Gasteiger partial charge in [-0.3, -0.25) is 4.79 Å². The molecule has 1 heterocycles. The highest BCUT2D eigenvalue weighted by Gasteiger charge is 2.16. The molecule has 2 rings (SSSR count). The van der Waals surface area contributed by atoms with E-state index in [-0.39, 0.29) is 15.5 Å². The van der Waals surface area contributed by atoms with E-state index in [4.69, 9.17) is 5.14 Å². The number of halogens is 1. The van der Waals surface area contributed by atoms with Crippen molar-refractivity contribution in [2.24, 2.45) is 5.14 Å². The number of carbonyl (C=O) groups excluding carboxylic acids is 1. The molecule has 8 heteroatoms. The standard InChI is InChI=1S/C12H11FN2O3S2/c1-7-2-3-9(13)10(4-7)15-12(16)8-5-11(19-6-8)20(14,17)18/h2-6H,1H3,(H,15,16)(H2,14,17,18). The predicted molar refractivity (Wildman–Crippen MR) is 74.8 cm³/mol. The average Bonchev–Trinajstić information content (AvgIpc) is 2.83. The maximum Gasteiger partial charge on any atom is 0.256 e. The van der Waals surface area contributed by atoms with Crippen molar-refractivity contribution in [3.63, 3.8) is 0 Å². The highest BCUT2D eigenvalue weighted by molar-refractivity contribution is 7.91. The predicted octanol–water partition coefficient (Wildman–Crippen LogP) is 2.10. The van der Waals surface area contributed by atoms with Gasteiger partial charge in [0.15, 0.2) is 0 Å². The molecule has 5 nitrogen and oxygen atoms in total. The summed E-state index contributed by atoms with van der Waals surface area (Å²) in [6.45, 7) is 1.76. The SMILES string of the molecule is Cc1ccc(F)c(NC(=O)c2csc(S(N)(=O)=O)c2)c1. The van der Waals surface area contributed by atoms with Crippen molar-refractivity contribution in [2.75, 3.05) is 5.32 Å². The van der Waals surface area contributed by atoms with Crippen LogP contribution in [-0.4, -0.2) is 14.3 Å². The van der Waals surface area contributed by atoms with E-state index in [9.17, 15) is 17.6 Å². The van der Waals surface area contributed by atoms with Crippen LogP contribution in [0.4, 0.5) is 10.1 Å². The van der Waals surface area contributed by atoms with Crippen LogP contribution in [0.15, 0.2) is 33.9 Å². The summed E-state index contributed by atoms with van der Waals surface area (Å²) in [4.78, 5) is 11.9. The number of hydrogen-bond acceptors (Lipinski definition) is 4. The highest BCUT2D eigenvalue weighted by atomic mass is 32.2. The van der Waals surface area contributed by atoms with E-state index >= 15 is 0 Å². The number of rotatable bonds is 3. The van der Waals surface area contributed by atoms with Crippen molar-refractivity contribution < 1.29 is 17.6 Å². The van der Waals surface area contributed by atoms with E-state index in [0.29, 0.717) is 0 Å². The van der Waals surface area contributed by atoms with Crippen molar-refractivity contribution in [3.05, 3.63) is 46.6 Å². The lowest BCUT2D eigenvalue weighted by molar-refractivity contribution is 0.102. The number of nitrogens with one attached hydrogen (secondary N) is 1. The number of aryl methyl sites for hydroxylation is 1. The number of anilines is 1. The van der Waals surface area contributed by atoms with Crippen molar-refractivity contribution in [1.29, 1.82) is 0 Å². The number of hydrogen-bond donors (Lipinski definition) is 2. The molecule has 0 radical (unpaired) electrons. The molecule has 0 aliphatic rings. The first-order chi connectivity index (χ1) is 9.27. The molecule has 0 unspecified atom stereocenters. The van der Waals surface area contributed by atoms with Crippen LogP contribution in [-0.2, 0) is 10.0 Å². The van der Waals surface area contributed by atoms with Gasteiger partial charge in [-0.25, -0.2) is 17.9 Å². The molecular weight excluding hydrogens is 303 g/mol. The molecule has 0 saturated carbocycles. The second-order valence-electron chi connectivity index (χ2n) is 4.14. The van der Waals surface area contributed by atoms with Gasteiger partial charge in [-0.2, -0.15) is 0 Å². The Hall–Kier alpha value is -1.77. The summed E-state index contributed by atoms with van der Waals surface area (Å²) >= 11 is 0.835. The Kier molecular flexibility index (Phi) is 3.89. The Morgan fingerprint density at radius 2 is 2.05 bits per heavy atom. The molecule has 3 N–H and O–H groups in total. The second kappa shape index (κ2) is 5.31. The van der Waals surface area contributed by atoms with E-state index in [0.717, 1.165) is 23.0 Å². The van der Waals surface area contributed by atoms with Crippen molar-refractivity contribution in [1.82, 2.24) is 0 Å². The molecule has 1 aromatic heterocycles. The summed E-state index contributed by atoms with van der Waals surface area (Å²) in [6.07, 6.45) is 0. The zero-order valence-electron chi connectivity index (χ0n) is 10.4. The third-order valence-corrected chi connectivity index (χ3v) is 4.87. The molecule has 0 bridgehead atoms. The summed E-state index contributed by atoms with van der Waals surface area (Å²) in [5, 5.41) is 8.70. The topological polar surface area (TPSA) is 89.3 Å². The van der Waals surface area contributed by atoms with Gasteiger partial charge in [0.1, 0.15) is 10.0 Å². The van der Waals surface area contributed by atoms with Gasteiger partial charge in [0.25, 0.3) is 5.91 Å². The lowest BCUT2D eigenvalue weighted by Crippen LogP contribution is -2.13. The fourth-order valence-electron chi connectivity index (χ4n) is 1.51. The Morgan fingerprint density at radius 1 is 1.35 bits per heavy atom. The minimum atomic E-state index is -3.84. The van der Waals surface area contributed by atoms with Gasteiger partial charge < -0.3 is 5.32 Å². The molecule has 0 aliphatic heterocycles. The molecule has 0 saturated heterocycles. The molecule has 0 spiro atoms. The summed E-state index contributed by atoms with van der Waals surface area (Å²) < 4.78 is 35.6. The fourth-order valence-corrected chi connectivity index (χ4v) is 3.10. The van der Waals surface area contributed by atoms with Gasteiger partial charge in [-0.1, -0.05) is 6.07 Å². The van der Waals surface area contributed by atoms with Crippen LogP contribution in [0.1, 0.15) is 15.9 Å². The first-order valence-electron chi connectivity index (χ1n) is 5.46. The summed E-state index contributed by atoms with van der Waals surface area (Å²) in [6, 6.07) is 5.46. The van der Waals surface area contributed by atoms with Crippen LogP contribution in [0.3, 0.4) is 0 Å². The first-order valence-corrected chi connectivity index (χ1v) is 7.89. The normalized spacial score (nSPS) is 11.3. The van der Waals surface area contributed by atoms with Gasteiger partial charge in [-0.05, 0) is 30.7 Å². The van der Waals surface area contributed by atoms with E-state index in [1.807, 2.05) is 0 Å². The van der Waals surface area contributed by atoms with E-state index < -0.39 is 21.7 Å². The van der Waals surface area contributed by atoms with Gasteiger partial charge in [0.2, 0.25) is 10.0 Å². The number of nitrogens with two attached hydrogens (primary N) is 1. The van der Waals surface area contributed by atoms with E-state index in [2.05, 4.69) is 5.32 Å². The van der Waals surface area contributed by atoms with Crippen molar-refractivity contribution >= 4 is 33.0 Å². The lowest BCUT2D eigenvalue weighted by Gasteiger charge is -2.06. The van der Waals surface area contributed by atoms with Crippen LogP contribution in [0.25, 0.3) is 0 Å². The third kappa shape index (κ3) is 3.21. The molecule has 2 aromatic rings. The molecule has 0 fully saturated rings. The average molecular weight is 314 g/mol. The number of benzene rings is 1. The van der Waals surface area contributed by atoms with Gasteiger partial charge in [0, 0.05) is 5.38 Å². The minimum absolute atomic E-state index is 0.0401. The zero-order valence-corrected chi connectivity index (χ0v) is 12.0. The quantitative estimate of drug-likeness (QED) is 0.909. The van der Waals surface area contributed by atoms with E-state index in [1.165, 1.54) is 17.5 Å². The molecule has 1 aromatic carbocycles. The molecule has 0 atom stereocenters. The third-order valence-electron chi connectivity index (χ3n) is 2.49. The minimum Gasteiger partial charge on any atom is -0.319 e. The molecule has 106 valence electrons. The van der Waals surface area contributed by atoms with Crippen LogP contribution < -0.4 is 10.5 Å². The first kappa shape index (κ1) is 14.6. The number of amides is 1. The number of thiophene rings is 1. The summed E-state index contributed by atoms with van der Waals surface area (Å²) in [5.74, 6) is -1.16. The summed E-state index contributed by atoms with van der Waals surface area (Å²) in [7, 11) is -3.84. The number of sulfonamides is 1. The Balaban J connectivity index is 2.24. The zero-order chi connectivity index (χ0) is 14.9. The van der Waals surface area contributed by atoms with Crippen LogP contribution in [0, 0.1) is 12.7 Å². The molecule has 0 aliphatic carbocycles. The number of primary sulfonamides is 1.